The van der Waals surface area contributed by atoms with Gasteiger partial charge in [0.15, 0.2) is 0 Å². The van der Waals surface area contributed by atoms with Gasteiger partial charge in [-0.3, -0.25) is 0 Å². The zero-order valence-electron chi connectivity index (χ0n) is 11.6. The maximum atomic E-state index is 10.6. The molecule has 0 heterocycles. The Morgan fingerprint density at radius 2 is 1.62 bits per heavy atom. The van der Waals surface area contributed by atoms with E-state index in [2.05, 4.69) is 6.58 Å². The minimum absolute atomic E-state index is 0.311. The van der Waals surface area contributed by atoms with Crippen LogP contribution in [0.4, 0.5) is 0 Å². The van der Waals surface area contributed by atoms with E-state index in [0.29, 0.717) is 6.61 Å². The molecule has 21 heavy (non-hydrogen) atoms. The van der Waals surface area contributed by atoms with Crippen LogP contribution in [0.15, 0.2) is 78.9 Å². The summed E-state index contributed by atoms with van der Waals surface area (Å²) in [5.41, 5.74) is 3.62. The second kappa shape index (κ2) is 10.5. The Bertz CT molecular complexity index is 562. The third-order valence-electron chi connectivity index (χ3n) is 2.45. The van der Waals surface area contributed by atoms with Crippen molar-refractivity contribution in [3.63, 3.8) is 0 Å². The van der Waals surface area contributed by atoms with E-state index < -0.39 is 0 Å². The summed E-state index contributed by atoms with van der Waals surface area (Å²) in [6, 6.07) is 19.4. The lowest BCUT2D eigenvalue weighted by Gasteiger charge is -2.00. The van der Waals surface area contributed by atoms with Gasteiger partial charge in [0.05, 0.1) is 0 Å². The molecule has 0 aliphatic rings. The van der Waals surface area contributed by atoms with E-state index >= 15 is 0 Å². The lowest BCUT2D eigenvalue weighted by atomic mass is 10.2. The van der Waals surface area contributed by atoms with Crippen LogP contribution in [0.1, 0.15) is 11.1 Å². The molecule has 2 aromatic rings. The van der Waals surface area contributed by atoms with Gasteiger partial charge in [0.1, 0.15) is 6.61 Å². The quantitative estimate of drug-likeness (QED) is 0.598. The zero-order chi connectivity index (χ0) is 15.3. The maximum absolute atomic E-state index is 10.6. The van der Waals surface area contributed by atoms with Crippen LogP contribution in [-0.4, -0.2) is 5.97 Å². The molecule has 0 saturated carbocycles. The van der Waals surface area contributed by atoms with Gasteiger partial charge in [-0.1, -0.05) is 78.8 Å². The van der Waals surface area contributed by atoms with Gasteiger partial charge in [-0.15, -0.1) is 0 Å². The molecule has 0 atom stereocenters. The van der Waals surface area contributed by atoms with Gasteiger partial charge in [0.2, 0.25) is 0 Å². The average molecular weight is 301 g/mol. The van der Waals surface area contributed by atoms with E-state index in [0.717, 1.165) is 17.2 Å². The fourth-order valence-electron chi connectivity index (χ4n) is 1.42. The van der Waals surface area contributed by atoms with Crippen molar-refractivity contribution >= 4 is 23.6 Å². The SMILES string of the molecule is C=CC(=O)OCc1ccccc1.ClC=Cc1ccccc1. The molecule has 0 aliphatic heterocycles. The fraction of sp³-hybridized carbons (Fsp3) is 0.0556. The van der Waals surface area contributed by atoms with Crippen LogP contribution in [0.25, 0.3) is 6.08 Å². The molecule has 2 nitrogen and oxygen atoms in total. The third kappa shape index (κ3) is 7.75. The van der Waals surface area contributed by atoms with Crippen molar-refractivity contribution in [2.24, 2.45) is 0 Å². The van der Waals surface area contributed by atoms with Gasteiger partial charge in [-0.25, -0.2) is 4.79 Å². The van der Waals surface area contributed by atoms with Crippen molar-refractivity contribution in [2.45, 2.75) is 6.61 Å². The molecule has 0 saturated heterocycles. The summed E-state index contributed by atoms with van der Waals surface area (Å²) in [5.74, 6) is -0.390. The number of carbonyl (C=O) groups excluding carboxylic acids is 1. The average Bonchev–Trinajstić information content (AvgIpc) is 2.55. The summed E-state index contributed by atoms with van der Waals surface area (Å²) < 4.78 is 4.82. The van der Waals surface area contributed by atoms with Crippen LogP contribution in [0, 0.1) is 0 Å². The Balaban J connectivity index is 0.000000219. The Morgan fingerprint density at radius 1 is 1.05 bits per heavy atom. The molecule has 0 aromatic heterocycles. The number of esters is 1. The van der Waals surface area contributed by atoms with E-state index in [1.54, 1.807) is 0 Å². The highest BCUT2D eigenvalue weighted by molar-refractivity contribution is 6.27. The molecule has 0 amide bonds. The summed E-state index contributed by atoms with van der Waals surface area (Å²) in [7, 11) is 0. The number of rotatable bonds is 4. The summed E-state index contributed by atoms with van der Waals surface area (Å²) in [6.07, 6.45) is 3.00. The molecule has 0 spiro atoms. The Hall–Kier alpha value is -2.32. The number of ether oxygens (including phenoxy) is 1. The summed E-state index contributed by atoms with van der Waals surface area (Å²) in [6.45, 7) is 3.61. The van der Waals surface area contributed by atoms with Crippen LogP contribution in [0.2, 0.25) is 0 Å². The topological polar surface area (TPSA) is 26.3 Å². The predicted octanol–water partition coefficient (Wildman–Crippen LogP) is 4.81. The van der Waals surface area contributed by atoms with Gasteiger partial charge in [0.25, 0.3) is 0 Å². The van der Waals surface area contributed by atoms with Crippen molar-refractivity contribution in [3.05, 3.63) is 90.0 Å². The van der Waals surface area contributed by atoms with Gasteiger partial charge in [-0.2, -0.15) is 0 Å². The van der Waals surface area contributed by atoms with Crippen LogP contribution in [0.5, 0.6) is 0 Å². The molecule has 0 fully saturated rings. The predicted molar refractivity (Wildman–Crippen MR) is 87.8 cm³/mol. The first-order chi connectivity index (χ1) is 10.3. The van der Waals surface area contributed by atoms with Crippen LogP contribution in [0.3, 0.4) is 0 Å². The smallest absolute Gasteiger partial charge is 0.330 e. The van der Waals surface area contributed by atoms with Gasteiger partial charge >= 0.3 is 5.97 Å². The molecule has 3 heteroatoms. The van der Waals surface area contributed by atoms with Gasteiger partial charge in [0, 0.05) is 11.6 Å². The minimum atomic E-state index is -0.390. The molecule has 2 rings (SSSR count). The highest BCUT2D eigenvalue weighted by atomic mass is 35.5. The lowest BCUT2D eigenvalue weighted by Crippen LogP contribution is -1.99. The van der Waals surface area contributed by atoms with Gasteiger partial charge in [-0.05, 0) is 17.2 Å². The Morgan fingerprint density at radius 3 is 2.14 bits per heavy atom. The van der Waals surface area contributed by atoms with E-state index in [1.165, 1.54) is 5.54 Å². The van der Waals surface area contributed by atoms with E-state index in [4.69, 9.17) is 16.3 Å². The molecule has 0 radical (unpaired) electrons. The maximum Gasteiger partial charge on any atom is 0.330 e. The molecule has 0 aliphatic carbocycles. The van der Waals surface area contributed by atoms with Crippen molar-refractivity contribution < 1.29 is 9.53 Å². The van der Waals surface area contributed by atoms with Crippen molar-refractivity contribution in [1.29, 1.82) is 0 Å². The Labute approximate surface area is 130 Å². The molecule has 108 valence electrons. The fourth-order valence-corrected chi connectivity index (χ4v) is 1.57. The van der Waals surface area contributed by atoms with Crippen LogP contribution >= 0.6 is 11.6 Å². The van der Waals surface area contributed by atoms with E-state index in [-0.39, 0.29) is 5.97 Å². The summed E-state index contributed by atoms with van der Waals surface area (Å²) in [4.78, 5) is 10.6. The Kier molecular flexibility index (Phi) is 8.34. The molecule has 0 bridgehead atoms. The first-order valence-corrected chi connectivity index (χ1v) is 6.85. The van der Waals surface area contributed by atoms with Gasteiger partial charge < -0.3 is 4.74 Å². The number of benzene rings is 2. The van der Waals surface area contributed by atoms with Crippen molar-refractivity contribution in [1.82, 2.24) is 0 Å². The second-order valence-corrected chi connectivity index (χ2v) is 4.25. The highest BCUT2D eigenvalue weighted by Gasteiger charge is 1.95. The largest absolute Gasteiger partial charge is 0.458 e. The lowest BCUT2D eigenvalue weighted by molar-refractivity contribution is -0.138. The summed E-state index contributed by atoms with van der Waals surface area (Å²) >= 11 is 5.36. The zero-order valence-corrected chi connectivity index (χ0v) is 12.4. The monoisotopic (exact) mass is 300 g/mol. The molecule has 0 N–H and O–H groups in total. The molecular weight excluding hydrogens is 284 g/mol. The number of carbonyl (C=O) groups is 1. The summed E-state index contributed by atoms with van der Waals surface area (Å²) in [5, 5.41) is 0. The van der Waals surface area contributed by atoms with Crippen LogP contribution < -0.4 is 0 Å². The number of halogens is 1. The number of hydrogen-bond acceptors (Lipinski definition) is 2. The molecule has 2 aromatic carbocycles. The van der Waals surface area contributed by atoms with E-state index in [9.17, 15) is 4.79 Å². The number of hydrogen-bond donors (Lipinski definition) is 0. The minimum Gasteiger partial charge on any atom is -0.458 e. The van der Waals surface area contributed by atoms with Crippen LogP contribution in [-0.2, 0) is 16.1 Å². The first kappa shape index (κ1) is 16.7. The molecular formula is C18H17ClO2. The van der Waals surface area contributed by atoms with Crippen molar-refractivity contribution in [2.75, 3.05) is 0 Å². The van der Waals surface area contributed by atoms with E-state index in [1.807, 2.05) is 66.7 Å². The van der Waals surface area contributed by atoms with Crippen molar-refractivity contribution in [3.8, 4) is 0 Å². The third-order valence-corrected chi connectivity index (χ3v) is 2.57. The molecule has 0 unspecified atom stereocenters. The highest BCUT2D eigenvalue weighted by Crippen LogP contribution is 2.01. The first-order valence-electron chi connectivity index (χ1n) is 6.41. The normalized spacial score (nSPS) is 9.57. The second-order valence-electron chi connectivity index (χ2n) is 4.00. The standard InChI is InChI=1S/C10H10O2.C8H7Cl/c1-2-10(11)12-8-9-6-4-3-5-7-9;9-7-6-8-4-2-1-3-5-8/h2-7H,1,8H2;1-7H.